The van der Waals surface area contributed by atoms with Crippen LogP contribution >= 0.6 is 0 Å². The summed E-state index contributed by atoms with van der Waals surface area (Å²) < 4.78 is 5.17. The lowest BCUT2D eigenvalue weighted by atomic mass is 10.1. The molecule has 0 saturated carbocycles. The summed E-state index contributed by atoms with van der Waals surface area (Å²) >= 11 is 0. The van der Waals surface area contributed by atoms with Gasteiger partial charge in [0.05, 0.1) is 18.3 Å². The zero-order valence-electron chi connectivity index (χ0n) is 13.4. The van der Waals surface area contributed by atoms with Crippen molar-refractivity contribution in [1.29, 1.82) is 0 Å². The van der Waals surface area contributed by atoms with E-state index in [-0.39, 0.29) is 0 Å². The van der Waals surface area contributed by atoms with Gasteiger partial charge in [0.1, 0.15) is 11.6 Å². The quantitative estimate of drug-likeness (QED) is 0.588. The number of aromatic nitrogens is 2. The molecule has 5 heteroatoms. The smallest absolute Gasteiger partial charge is 0.157 e. The molecule has 0 atom stereocenters. The van der Waals surface area contributed by atoms with Gasteiger partial charge >= 0.3 is 0 Å². The zero-order valence-corrected chi connectivity index (χ0v) is 13.4. The van der Waals surface area contributed by atoms with E-state index in [0.29, 0.717) is 11.6 Å². The van der Waals surface area contributed by atoms with Gasteiger partial charge in [-0.3, -0.25) is 5.43 Å². The lowest BCUT2D eigenvalue weighted by molar-refractivity contribution is 0.415. The van der Waals surface area contributed by atoms with E-state index >= 15 is 0 Å². The summed E-state index contributed by atoms with van der Waals surface area (Å²) in [6, 6.07) is 15.7. The topological polar surface area (TPSA) is 59.4 Å². The van der Waals surface area contributed by atoms with E-state index in [1.54, 1.807) is 7.11 Å². The maximum atomic E-state index is 5.17. The summed E-state index contributed by atoms with van der Waals surface area (Å²) in [5.74, 6) is 2.25. The van der Waals surface area contributed by atoms with Gasteiger partial charge in [0.25, 0.3) is 0 Å². The molecule has 0 fully saturated rings. The Morgan fingerprint density at radius 3 is 2.52 bits per heavy atom. The lowest BCUT2D eigenvalue weighted by Crippen LogP contribution is -2.03. The minimum atomic E-state index is 0.709. The Hall–Kier alpha value is -2.95. The third-order valence-electron chi connectivity index (χ3n) is 3.55. The molecule has 0 aliphatic heterocycles. The maximum absolute atomic E-state index is 5.17. The zero-order chi connectivity index (χ0) is 16.2. The molecular formula is C18H18N4O. The number of hydrazone groups is 1. The van der Waals surface area contributed by atoms with E-state index in [0.717, 1.165) is 27.9 Å². The lowest BCUT2D eigenvalue weighted by Gasteiger charge is -2.07. The number of fused-ring (bicyclic) bond motifs is 1. The third-order valence-corrected chi connectivity index (χ3v) is 3.55. The van der Waals surface area contributed by atoms with Crippen molar-refractivity contribution in [2.45, 2.75) is 13.8 Å². The van der Waals surface area contributed by atoms with Crippen LogP contribution in [0, 0.1) is 6.92 Å². The van der Waals surface area contributed by atoms with Crippen LogP contribution in [0.2, 0.25) is 0 Å². The highest BCUT2D eigenvalue weighted by Crippen LogP contribution is 2.20. The van der Waals surface area contributed by atoms with Crippen molar-refractivity contribution in [2.75, 3.05) is 12.5 Å². The number of hydrogen-bond donors (Lipinski definition) is 1. The Morgan fingerprint density at radius 2 is 1.78 bits per heavy atom. The predicted molar refractivity (Wildman–Crippen MR) is 93.1 cm³/mol. The Morgan fingerprint density at radius 1 is 1.04 bits per heavy atom. The summed E-state index contributed by atoms with van der Waals surface area (Å²) in [6.07, 6.45) is 0. The number of hydrogen-bond acceptors (Lipinski definition) is 5. The van der Waals surface area contributed by atoms with Crippen LogP contribution in [-0.4, -0.2) is 22.8 Å². The molecule has 5 nitrogen and oxygen atoms in total. The van der Waals surface area contributed by atoms with Crippen molar-refractivity contribution in [1.82, 2.24) is 9.97 Å². The first-order valence-corrected chi connectivity index (χ1v) is 7.35. The second kappa shape index (κ2) is 6.44. The molecule has 0 aliphatic rings. The van der Waals surface area contributed by atoms with Crippen LogP contribution in [-0.2, 0) is 0 Å². The van der Waals surface area contributed by atoms with E-state index in [1.807, 2.05) is 62.4 Å². The Balaban J connectivity index is 1.89. The van der Waals surface area contributed by atoms with E-state index in [1.165, 1.54) is 0 Å². The van der Waals surface area contributed by atoms with Crippen LogP contribution in [0.1, 0.15) is 18.3 Å². The number of ether oxygens (including phenoxy) is 1. The normalized spacial score (nSPS) is 11.5. The van der Waals surface area contributed by atoms with Crippen molar-refractivity contribution in [3.8, 4) is 5.75 Å². The number of nitrogens with zero attached hydrogens (tertiary/aromatic N) is 3. The van der Waals surface area contributed by atoms with Gasteiger partial charge in [-0.05, 0) is 55.8 Å². The molecule has 2 aromatic carbocycles. The summed E-state index contributed by atoms with van der Waals surface area (Å²) in [6.45, 7) is 3.82. The molecule has 0 unspecified atom stereocenters. The summed E-state index contributed by atoms with van der Waals surface area (Å²) in [5, 5.41) is 5.40. The SMILES string of the molecule is COc1ccc(/C(C)=N/Nc2nc(C)nc3ccccc23)cc1. The fourth-order valence-corrected chi connectivity index (χ4v) is 2.31. The van der Waals surface area contributed by atoms with Crippen LogP contribution in [0.3, 0.4) is 0 Å². The van der Waals surface area contributed by atoms with E-state index < -0.39 is 0 Å². The van der Waals surface area contributed by atoms with E-state index in [4.69, 9.17) is 4.74 Å². The van der Waals surface area contributed by atoms with Crippen molar-refractivity contribution in [3.05, 3.63) is 59.9 Å². The molecule has 3 aromatic rings. The van der Waals surface area contributed by atoms with Crippen LogP contribution in [0.5, 0.6) is 5.75 Å². The van der Waals surface area contributed by atoms with Crippen LogP contribution < -0.4 is 10.2 Å². The molecule has 1 N–H and O–H groups in total. The molecule has 1 heterocycles. The number of benzene rings is 2. The fraction of sp³-hybridized carbons (Fsp3) is 0.167. The van der Waals surface area contributed by atoms with Gasteiger partial charge in [-0.2, -0.15) is 5.10 Å². The Labute approximate surface area is 135 Å². The molecule has 1 aromatic heterocycles. The highest BCUT2D eigenvalue weighted by molar-refractivity contribution is 5.99. The molecule has 0 radical (unpaired) electrons. The summed E-state index contributed by atoms with van der Waals surface area (Å²) in [5.41, 5.74) is 5.85. The number of rotatable bonds is 4. The van der Waals surface area contributed by atoms with E-state index in [9.17, 15) is 0 Å². The van der Waals surface area contributed by atoms with Gasteiger partial charge < -0.3 is 4.74 Å². The molecule has 116 valence electrons. The molecule has 0 aliphatic carbocycles. The average molecular weight is 306 g/mol. The van der Waals surface area contributed by atoms with Crippen molar-refractivity contribution in [3.63, 3.8) is 0 Å². The largest absolute Gasteiger partial charge is 0.497 e. The predicted octanol–water partition coefficient (Wildman–Crippen LogP) is 3.78. The number of nitrogens with one attached hydrogen (secondary N) is 1. The monoisotopic (exact) mass is 306 g/mol. The molecule has 0 bridgehead atoms. The maximum Gasteiger partial charge on any atom is 0.157 e. The molecule has 0 saturated heterocycles. The molecule has 0 spiro atoms. The fourth-order valence-electron chi connectivity index (χ4n) is 2.31. The number of aryl methyl sites for hydroxylation is 1. The number of para-hydroxylation sites is 1. The van der Waals surface area contributed by atoms with Gasteiger partial charge in [-0.15, -0.1) is 0 Å². The average Bonchev–Trinajstić information content (AvgIpc) is 2.59. The van der Waals surface area contributed by atoms with Crippen LogP contribution in [0.4, 0.5) is 5.82 Å². The molecule has 0 amide bonds. The number of anilines is 1. The second-order valence-corrected chi connectivity index (χ2v) is 5.17. The van der Waals surface area contributed by atoms with Gasteiger partial charge in [0.2, 0.25) is 0 Å². The van der Waals surface area contributed by atoms with Crippen molar-refractivity contribution < 1.29 is 4.74 Å². The second-order valence-electron chi connectivity index (χ2n) is 5.17. The van der Waals surface area contributed by atoms with Gasteiger partial charge in [0.15, 0.2) is 5.82 Å². The molecule has 23 heavy (non-hydrogen) atoms. The molecular weight excluding hydrogens is 288 g/mol. The highest BCUT2D eigenvalue weighted by atomic mass is 16.5. The highest BCUT2D eigenvalue weighted by Gasteiger charge is 2.05. The molecule has 3 rings (SSSR count). The Bertz CT molecular complexity index is 857. The minimum absolute atomic E-state index is 0.709. The van der Waals surface area contributed by atoms with Crippen LogP contribution in [0.15, 0.2) is 53.6 Å². The first kappa shape index (κ1) is 15.0. The number of methoxy groups -OCH3 is 1. The van der Waals surface area contributed by atoms with Crippen molar-refractivity contribution in [2.24, 2.45) is 5.10 Å². The van der Waals surface area contributed by atoms with Crippen molar-refractivity contribution >= 4 is 22.4 Å². The van der Waals surface area contributed by atoms with E-state index in [2.05, 4.69) is 20.5 Å². The Kier molecular flexibility index (Phi) is 4.19. The van der Waals surface area contributed by atoms with Crippen LogP contribution in [0.25, 0.3) is 10.9 Å². The first-order valence-electron chi connectivity index (χ1n) is 7.35. The van der Waals surface area contributed by atoms with Gasteiger partial charge in [-0.25, -0.2) is 9.97 Å². The van der Waals surface area contributed by atoms with Gasteiger partial charge in [0, 0.05) is 5.39 Å². The minimum Gasteiger partial charge on any atom is -0.497 e. The standard InChI is InChI=1S/C18H18N4O/c1-12(14-8-10-15(23-3)11-9-14)21-22-18-16-6-4-5-7-17(16)19-13(2)20-18/h4-11H,1-3H3,(H,19,20,22)/b21-12+. The summed E-state index contributed by atoms with van der Waals surface area (Å²) in [4.78, 5) is 8.87. The van der Waals surface area contributed by atoms with Gasteiger partial charge in [-0.1, -0.05) is 12.1 Å². The first-order chi connectivity index (χ1) is 11.2. The summed E-state index contributed by atoms with van der Waals surface area (Å²) in [7, 11) is 1.65. The third kappa shape index (κ3) is 3.29.